The predicted molar refractivity (Wildman–Crippen MR) is 167 cm³/mol. The number of aryl methyl sites for hydroxylation is 1. The summed E-state index contributed by atoms with van der Waals surface area (Å²) in [5.41, 5.74) is 1.06. The van der Waals surface area contributed by atoms with Gasteiger partial charge in [0, 0.05) is 44.2 Å². The summed E-state index contributed by atoms with van der Waals surface area (Å²) < 4.78 is 29.3. The molecule has 1 aromatic rings. The molecule has 1 aliphatic heterocycles. The summed E-state index contributed by atoms with van der Waals surface area (Å²) >= 11 is 0. The molecule has 5 atom stereocenters. The Morgan fingerprint density at radius 1 is 1.07 bits per heavy atom. The number of carbonyl (C=O) groups excluding carboxylic acids is 3. The van der Waals surface area contributed by atoms with E-state index in [1.54, 1.807) is 20.8 Å². The van der Waals surface area contributed by atoms with Crippen LogP contribution in [0.4, 0.5) is 10.5 Å². The highest BCUT2D eigenvalue weighted by Gasteiger charge is 2.68. The van der Waals surface area contributed by atoms with Crippen molar-refractivity contribution in [3.05, 3.63) is 29.8 Å². The van der Waals surface area contributed by atoms with E-state index in [1.165, 1.54) is 11.3 Å². The zero-order valence-electron chi connectivity index (χ0n) is 27.0. The summed E-state index contributed by atoms with van der Waals surface area (Å²) in [6.45, 7) is 16.4. The molecule has 1 aromatic carbocycles. The van der Waals surface area contributed by atoms with E-state index in [9.17, 15) is 22.8 Å². The lowest BCUT2D eigenvalue weighted by atomic mass is 9.69. The second kappa shape index (κ2) is 11.9. The molecule has 0 radical (unpaired) electrons. The van der Waals surface area contributed by atoms with Gasteiger partial charge in [-0.15, -0.1) is 0 Å². The van der Waals surface area contributed by atoms with Crippen LogP contribution in [0.2, 0.25) is 0 Å². The van der Waals surface area contributed by atoms with Crippen LogP contribution in [0.1, 0.15) is 66.4 Å². The van der Waals surface area contributed by atoms with Gasteiger partial charge in [-0.05, 0) is 75.3 Å². The molecule has 4 rings (SSSR count). The third-order valence-electron chi connectivity index (χ3n) is 10.3. The monoisotopic (exact) mass is 618 g/mol. The molecule has 3 aliphatic rings. The number of piperazine rings is 1. The fourth-order valence-electron chi connectivity index (χ4n) is 7.54. The largest absolute Gasteiger partial charge is 0.444 e. The molecule has 2 bridgehead atoms. The van der Waals surface area contributed by atoms with Crippen LogP contribution in [0.3, 0.4) is 0 Å². The van der Waals surface area contributed by atoms with Gasteiger partial charge in [0.1, 0.15) is 21.5 Å². The summed E-state index contributed by atoms with van der Waals surface area (Å²) in [6.07, 6.45) is 1.99. The summed E-state index contributed by atoms with van der Waals surface area (Å²) in [6, 6.07) is 6.70. The zero-order chi connectivity index (χ0) is 32.0. The smallest absolute Gasteiger partial charge is 0.408 e. The maximum Gasteiger partial charge on any atom is 0.408 e. The Hall–Kier alpha value is -2.82. The molecule has 3 fully saturated rings. The summed E-state index contributed by atoms with van der Waals surface area (Å²) in [7, 11) is -3.39. The Bertz CT molecular complexity index is 1330. The molecule has 11 heteroatoms. The molecule has 1 heterocycles. The summed E-state index contributed by atoms with van der Waals surface area (Å²) in [5.74, 6) is -1.02. The third-order valence-corrected chi connectivity index (χ3v) is 11.2. The second-order valence-corrected chi connectivity index (χ2v) is 16.8. The molecule has 3 unspecified atom stereocenters. The van der Waals surface area contributed by atoms with Crippen LogP contribution in [0, 0.1) is 29.6 Å². The number of hydrogen-bond acceptors (Lipinski definition) is 7. The lowest BCUT2D eigenvalue weighted by Gasteiger charge is -2.43. The minimum absolute atomic E-state index is 0.0593. The van der Waals surface area contributed by atoms with Gasteiger partial charge in [-0.1, -0.05) is 39.0 Å². The first-order valence-corrected chi connectivity index (χ1v) is 17.5. The topological polar surface area (TPSA) is 125 Å². The van der Waals surface area contributed by atoms with E-state index in [4.69, 9.17) is 4.74 Å². The number of amides is 3. The minimum Gasteiger partial charge on any atom is -0.444 e. The summed E-state index contributed by atoms with van der Waals surface area (Å²) in [4.78, 5) is 45.0. The molecule has 2 aliphatic carbocycles. The van der Waals surface area contributed by atoms with Crippen LogP contribution in [-0.2, 0) is 24.2 Å². The van der Waals surface area contributed by atoms with Crippen LogP contribution in [0.5, 0.6) is 0 Å². The van der Waals surface area contributed by atoms with E-state index in [2.05, 4.69) is 55.4 Å². The molecule has 10 nitrogen and oxygen atoms in total. The Balaban J connectivity index is 1.53. The molecular weight excluding hydrogens is 568 g/mol. The number of anilines is 1. The second-order valence-electron chi connectivity index (χ2n) is 14.5. The molecule has 43 heavy (non-hydrogen) atoms. The first-order valence-electron chi connectivity index (χ1n) is 15.4. The zero-order valence-corrected chi connectivity index (χ0v) is 27.8. The highest BCUT2D eigenvalue weighted by Crippen LogP contribution is 2.67. The lowest BCUT2D eigenvalue weighted by Crippen LogP contribution is -2.59. The van der Waals surface area contributed by atoms with Crippen LogP contribution in [0.15, 0.2) is 24.3 Å². The number of para-hydroxylation sites is 1. The van der Waals surface area contributed by atoms with Gasteiger partial charge in [-0.25, -0.2) is 13.2 Å². The van der Waals surface area contributed by atoms with Crippen molar-refractivity contribution < 1.29 is 27.5 Å². The van der Waals surface area contributed by atoms with Crippen molar-refractivity contribution in [3.63, 3.8) is 0 Å². The average Bonchev–Trinajstić information content (AvgIpc) is 3.22. The van der Waals surface area contributed by atoms with Crippen molar-refractivity contribution in [2.45, 2.75) is 85.4 Å². The number of ether oxygens (including phenoxy) is 1. The first-order chi connectivity index (χ1) is 19.8. The molecule has 0 spiro atoms. The van der Waals surface area contributed by atoms with Gasteiger partial charge in [0.15, 0.2) is 0 Å². The normalized spacial score (nSPS) is 27.5. The lowest BCUT2D eigenvalue weighted by molar-refractivity contribution is -0.140. The number of hydrogen-bond donors (Lipinski definition) is 2. The molecule has 0 aromatic heterocycles. The summed E-state index contributed by atoms with van der Waals surface area (Å²) in [5, 5.41) is 5.75. The van der Waals surface area contributed by atoms with Crippen molar-refractivity contribution in [1.82, 2.24) is 15.5 Å². The van der Waals surface area contributed by atoms with E-state index < -0.39 is 45.4 Å². The Morgan fingerprint density at radius 2 is 1.70 bits per heavy atom. The van der Waals surface area contributed by atoms with Gasteiger partial charge < -0.3 is 25.2 Å². The van der Waals surface area contributed by atoms with Gasteiger partial charge in [0.2, 0.25) is 11.8 Å². The number of rotatable bonds is 8. The van der Waals surface area contributed by atoms with Gasteiger partial charge in [0.25, 0.3) is 0 Å². The van der Waals surface area contributed by atoms with Crippen molar-refractivity contribution in [1.29, 1.82) is 0 Å². The standard InChI is InChI=1S/C32H50N4O6S/c1-21-11-9-10-12-24(21)35-16-18-36(19-17-35)28(38)25-22-13-15-32(7,31(22,5)6)26(25)34-27(37)23(14-20-43(8,40)41)33-29(39)42-30(2,3)4/h9-12,22-23,25-26H,13-20H2,1-8H3,(H,33,39)(H,34,37)/t22?,23?,25?,26-,32+/m1/s1. The van der Waals surface area contributed by atoms with E-state index in [-0.39, 0.29) is 34.8 Å². The van der Waals surface area contributed by atoms with E-state index in [1.807, 2.05) is 17.0 Å². The first kappa shape index (κ1) is 33.1. The van der Waals surface area contributed by atoms with Crippen molar-refractivity contribution >= 4 is 33.4 Å². The maximum absolute atomic E-state index is 14.3. The van der Waals surface area contributed by atoms with Crippen molar-refractivity contribution in [2.75, 3.05) is 43.1 Å². The minimum atomic E-state index is -3.39. The molecule has 240 valence electrons. The van der Waals surface area contributed by atoms with Crippen molar-refractivity contribution in [3.8, 4) is 0 Å². The number of benzene rings is 1. The molecule has 3 amide bonds. The molecule has 2 N–H and O–H groups in total. The number of carbonyl (C=O) groups is 3. The van der Waals surface area contributed by atoms with Crippen LogP contribution < -0.4 is 15.5 Å². The van der Waals surface area contributed by atoms with Gasteiger partial charge >= 0.3 is 6.09 Å². The third kappa shape index (κ3) is 6.97. The Kier molecular flexibility index (Phi) is 9.18. The van der Waals surface area contributed by atoms with Crippen LogP contribution in [-0.4, -0.2) is 87.1 Å². The predicted octanol–water partition coefficient (Wildman–Crippen LogP) is 3.53. The van der Waals surface area contributed by atoms with E-state index in [0.29, 0.717) is 13.1 Å². The van der Waals surface area contributed by atoms with Crippen molar-refractivity contribution in [2.24, 2.45) is 22.7 Å². The molecule has 2 saturated carbocycles. The Labute approximate surface area is 257 Å². The van der Waals surface area contributed by atoms with E-state index >= 15 is 0 Å². The average molecular weight is 619 g/mol. The molecule has 1 saturated heterocycles. The number of fused-ring (bicyclic) bond motifs is 2. The Morgan fingerprint density at radius 3 is 2.28 bits per heavy atom. The number of nitrogens with zero attached hydrogens (tertiary/aromatic N) is 2. The van der Waals surface area contributed by atoms with E-state index in [0.717, 1.165) is 32.2 Å². The van der Waals surface area contributed by atoms with Crippen LogP contribution in [0.25, 0.3) is 0 Å². The highest BCUT2D eigenvalue weighted by molar-refractivity contribution is 7.90. The SMILES string of the molecule is Cc1ccccc1N1CCN(C(=O)C2C3CC[C@@](C)([C@@H]2NC(=O)C(CCS(C)(=O)=O)NC(=O)OC(C)(C)C)C3(C)C)CC1. The van der Waals surface area contributed by atoms with Crippen LogP contribution >= 0.6 is 0 Å². The van der Waals surface area contributed by atoms with Gasteiger partial charge in [0.05, 0.1) is 11.7 Å². The number of alkyl carbamates (subject to hydrolysis) is 1. The van der Waals surface area contributed by atoms with Gasteiger partial charge in [-0.2, -0.15) is 0 Å². The van der Waals surface area contributed by atoms with Gasteiger partial charge in [-0.3, -0.25) is 9.59 Å². The number of sulfone groups is 1. The molecular formula is C32H50N4O6S. The quantitative estimate of drug-likeness (QED) is 0.457. The fourth-order valence-corrected chi connectivity index (χ4v) is 8.20. The highest BCUT2D eigenvalue weighted by atomic mass is 32.2. The fraction of sp³-hybridized carbons (Fsp3) is 0.719. The number of nitrogens with one attached hydrogen (secondary N) is 2. The maximum atomic E-state index is 14.3.